The van der Waals surface area contributed by atoms with E-state index in [1.54, 1.807) is 4.68 Å². The Balaban J connectivity index is 1.65. The second-order valence-electron chi connectivity index (χ2n) is 5.12. The third-order valence-corrected chi connectivity index (χ3v) is 3.24. The first-order valence-electron chi connectivity index (χ1n) is 7.25. The Labute approximate surface area is 125 Å². The van der Waals surface area contributed by atoms with Crippen molar-refractivity contribution in [1.29, 1.82) is 0 Å². The summed E-state index contributed by atoms with van der Waals surface area (Å²) >= 11 is 0. The number of nitrogens with zero attached hydrogens (tertiary/aromatic N) is 2. The zero-order chi connectivity index (χ0) is 15.1. The Morgan fingerprint density at radius 1 is 1.29 bits per heavy atom. The van der Waals surface area contributed by atoms with Gasteiger partial charge in [0.15, 0.2) is 0 Å². The van der Waals surface area contributed by atoms with Gasteiger partial charge in [0.05, 0.1) is 6.20 Å². The summed E-state index contributed by atoms with van der Waals surface area (Å²) in [6, 6.07) is 7.97. The highest BCUT2D eigenvalue weighted by Gasteiger charge is 2.05. The lowest BCUT2D eigenvalue weighted by molar-refractivity contribution is 0.106. The molecule has 0 fully saturated rings. The van der Waals surface area contributed by atoms with E-state index >= 15 is 0 Å². The Hall–Kier alpha value is -1.85. The van der Waals surface area contributed by atoms with Crippen LogP contribution in [0.25, 0.3) is 0 Å². The third kappa shape index (κ3) is 5.21. The van der Waals surface area contributed by atoms with Crippen LogP contribution in [0.1, 0.15) is 18.1 Å². The topological polar surface area (TPSA) is 59.3 Å². The smallest absolute Gasteiger partial charge is 0.119 e. The van der Waals surface area contributed by atoms with Crippen LogP contribution in [0.15, 0.2) is 36.7 Å². The van der Waals surface area contributed by atoms with Gasteiger partial charge in [-0.2, -0.15) is 5.10 Å². The third-order valence-electron chi connectivity index (χ3n) is 3.24. The van der Waals surface area contributed by atoms with E-state index in [4.69, 9.17) is 4.74 Å². The molecule has 0 radical (unpaired) electrons. The molecule has 0 aliphatic carbocycles. The number of nitrogens with one attached hydrogen (secondary N) is 1. The molecule has 1 aromatic heterocycles. The Kier molecular flexibility index (Phi) is 5.78. The number of aromatic nitrogens is 2. The standard InChI is InChI=1S/C16H23N3O2/c1-3-13-4-6-16(7-5-13)21-12-15(20)10-17-8-14-9-18-19(2)11-14/h4-7,9,11,15,17,20H,3,8,10,12H2,1-2H3. The fourth-order valence-corrected chi connectivity index (χ4v) is 2.02. The second kappa shape index (κ2) is 7.81. The molecule has 2 N–H and O–H groups in total. The summed E-state index contributed by atoms with van der Waals surface area (Å²) in [6.07, 6.45) is 4.24. The summed E-state index contributed by atoms with van der Waals surface area (Å²) in [6.45, 7) is 3.58. The molecule has 0 saturated heterocycles. The normalized spacial score (nSPS) is 12.3. The van der Waals surface area contributed by atoms with Crippen LogP contribution in [-0.4, -0.2) is 34.1 Å². The van der Waals surface area contributed by atoms with Gasteiger partial charge in [0, 0.05) is 31.9 Å². The predicted molar refractivity (Wildman–Crippen MR) is 82.2 cm³/mol. The average molecular weight is 289 g/mol. The van der Waals surface area contributed by atoms with Gasteiger partial charge >= 0.3 is 0 Å². The predicted octanol–water partition coefficient (Wildman–Crippen LogP) is 1.51. The number of rotatable bonds is 8. The largest absolute Gasteiger partial charge is 0.491 e. The first-order valence-corrected chi connectivity index (χ1v) is 7.25. The molecule has 21 heavy (non-hydrogen) atoms. The van der Waals surface area contributed by atoms with E-state index in [-0.39, 0.29) is 6.61 Å². The molecule has 2 aromatic rings. The summed E-state index contributed by atoms with van der Waals surface area (Å²) in [7, 11) is 1.88. The lowest BCUT2D eigenvalue weighted by atomic mass is 10.2. The molecule has 0 amide bonds. The number of benzene rings is 1. The molecule has 5 heteroatoms. The Morgan fingerprint density at radius 3 is 2.67 bits per heavy atom. The number of aryl methyl sites for hydroxylation is 2. The Bertz CT molecular complexity index is 537. The van der Waals surface area contributed by atoms with Crippen molar-refractivity contribution >= 4 is 0 Å². The number of hydrogen-bond donors (Lipinski definition) is 2. The second-order valence-corrected chi connectivity index (χ2v) is 5.12. The highest BCUT2D eigenvalue weighted by Crippen LogP contribution is 2.12. The summed E-state index contributed by atoms with van der Waals surface area (Å²) in [5, 5.41) is 17.2. The van der Waals surface area contributed by atoms with Crippen molar-refractivity contribution in [1.82, 2.24) is 15.1 Å². The quantitative estimate of drug-likeness (QED) is 0.773. The van der Waals surface area contributed by atoms with E-state index in [1.165, 1.54) is 5.56 Å². The van der Waals surface area contributed by atoms with Crippen molar-refractivity contribution in [2.45, 2.75) is 26.0 Å². The van der Waals surface area contributed by atoms with Gasteiger partial charge < -0.3 is 15.2 Å². The van der Waals surface area contributed by atoms with Crippen molar-refractivity contribution in [3.63, 3.8) is 0 Å². The van der Waals surface area contributed by atoms with E-state index in [1.807, 2.05) is 43.7 Å². The monoisotopic (exact) mass is 289 g/mol. The maximum atomic E-state index is 9.89. The number of ether oxygens (including phenoxy) is 1. The maximum Gasteiger partial charge on any atom is 0.119 e. The minimum atomic E-state index is -0.535. The van der Waals surface area contributed by atoms with Crippen LogP contribution < -0.4 is 10.1 Å². The maximum absolute atomic E-state index is 9.89. The number of aliphatic hydroxyl groups excluding tert-OH is 1. The van der Waals surface area contributed by atoms with Crippen LogP contribution in [0.2, 0.25) is 0 Å². The van der Waals surface area contributed by atoms with Crippen molar-refractivity contribution < 1.29 is 9.84 Å². The van der Waals surface area contributed by atoms with Crippen LogP contribution in [0.4, 0.5) is 0 Å². The summed E-state index contributed by atoms with van der Waals surface area (Å²) in [4.78, 5) is 0. The first kappa shape index (κ1) is 15.5. The van der Waals surface area contributed by atoms with Gasteiger partial charge in [-0.25, -0.2) is 0 Å². The number of hydrogen-bond acceptors (Lipinski definition) is 4. The molecular formula is C16H23N3O2. The van der Waals surface area contributed by atoms with Crippen molar-refractivity contribution in [2.24, 2.45) is 7.05 Å². The van der Waals surface area contributed by atoms with Gasteiger partial charge in [0.25, 0.3) is 0 Å². The van der Waals surface area contributed by atoms with Crippen molar-refractivity contribution in [3.05, 3.63) is 47.8 Å². The molecule has 0 aliphatic heterocycles. The van der Waals surface area contributed by atoms with Gasteiger partial charge in [-0.05, 0) is 24.1 Å². The Morgan fingerprint density at radius 2 is 2.05 bits per heavy atom. The molecule has 1 unspecified atom stereocenters. The van der Waals surface area contributed by atoms with Gasteiger partial charge in [-0.3, -0.25) is 4.68 Å². The van der Waals surface area contributed by atoms with E-state index in [0.717, 1.165) is 17.7 Å². The summed E-state index contributed by atoms with van der Waals surface area (Å²) < 4.78 is 7.33. The molecule has 0 spiro atoms. The summed E-state index contributed by atoms with van der Waals surface area (Å²) in [5.74, 6) is 0.790. The fraction of sp³-hybridized carbons (Fsp3) is 0.438. The zero-order valence-corrected chi connectivity index (χ0v) is 12.6. The van der Waals surface area contributed by atoms with Crippen LogP contribution in [0, 0.1) is 0 Å². The lowest BCUT2D eigenvalue weighted by Gasteiger charge is -2.13. The molecule has 0 saturated carbocycles. The van der Waals surface area contributed by atoms with E-state index in [9.17, 15) is 5.11 Å². The van der Waals surface area contributed by atoms with Crippen LogP contribution >= 0.6 is 0 Å². The van der Waals surface area contributed by atoms with Gasteiger partial charge in [-0.1, -0.05) is 19.1 Å². The molecule has 5 nitrogen and oxygen atoms in total. The molecule has 114 valence electrons. The minimum absolute atomic E-state index is 0.283. The van der Waals surface area contributed by atoms with Gasteiger partial charge in [0.1, 0.15) is 18.5 Å². The minimum Gasteiger partial charge on any atom is -0.491 e. The highest BCUT2D eigenvalue weighted by molar-refractivity contribution is 5.27. The molecule has 0 aliphatic rings. The van der Waals surface area contributed by atoms with E-state index in [0.29, 0.717) is 13.1 Å². The fourth-order valence-electron chi connectivity index (χ4n) is 2.02. The van der Waals surface area contributed by atoms with Crippen molar-refractivity contribution in [2.75, 3.05) is 13.2 Å². The molecule has 0 bridgehead atoms. The first-order chi connectivity index (χ1) is 10.2. The van der Waals surface area contributed by atoms with E-state index < -0.39 is 6.10 Å². The zero-order valence-electron chi connectivity index (χ0n) is 12.6. The average Bonchev–Trinajstić information content (AvgIpc) is 2.91. The van der Waals surface area contributed by atoms with E-state index in [2.05, 4.69) is 17.3 Å². The number of aliphatic hydroxyl groups is 1. The van der Waals surface area contributed by atoms with Crippen molar-refractivity contribution in [3.8, 4) is 5.75 Å². The van der Waals surface area contributed by atoms with Gasteiger partial charge in [-0.15, -0.1) is 0 Å². The highest BCUT2D eigenvalue weighted by atomic mass is 16.5. The molecule has 1 atom stereocenters. The van der Waals surface area contributed by atoms with Crippen LogP contribution in [0.3, 0.4) is 0 Å². The summed E-state index contributed by atoms with van der Waals surface area (Å²) in [5.41, 5.74) is 2.38. The molecule has 2 rings (SSSR count). The lowest BCUT2D eigenvalue weighted by Crippen LogP contribution is -2.31. The molecular weight excluding hydrogens is 266 g/mol. The molecule has 1 heterocycles. The SMILES string of the molecule is CCc1ccc(OCC(O)CNCc2cnn(C)c2)cc1. The van der Waals surface area contributed by atoms with Crippen LogP contribution in [-0.2, 0) is 20.0 Å². The van der Waals surface area contributed by atoms with Crippen LogP contribution in [0.5, 0.6) is 5.75 Å². The van der Waals surface area contributed by atoms with Gasteiger partial charge in [0.2, 0.25) is 0 Å². The molecule has 1 aromatic carbocycles.